The largest absolute Gasteiger partial charge is 1.00 e. The molecule has 0 unspecified atom stereocenters. The van der Waals surface area contributed by atoms with Crippen molar-refractivity contribution in [2.24, 2.45) is 0 Å². The molecule has 0 fully saturated rings. The van der Waals surface area contributed by atoms with Crippen LogP contribution < -0.4 is 51.4 Å². The van der Waals surface area contributed by atoms with Gasteiger partial charge in [0.05, 0.1) is 5.60 Å². The number of aliphatic hydroxyl groups is 1. The molecule has 2 heteroatoms. The molecule has 0 spiro atoms. The van der Waals surface area contributed by atoms with E-state index in [0.717, 1.165) is 0 Å². The third-order valence-electron chi connectivity index (χ3n) is 0. The Hall–Kier alpha value is 1.60. The Balaban J connectivity index is -0.0000000800. The van der Waals surface area contributed by atoms with E-state index in [2.05, 4.69) is 0 Å². The quantitative estimate of drug-likeness (QED) is 0.358. The summed E-state index contributed by atoms with van der Waals surface area (Å²) in [5.41, 5.74) is -0.500. The predicted octanol–water partition coefficient (Wildman–Crippen LogP) is -2.11. The predicted molar refractivity (Wildman–Crippen MR) is 23.1 cm³/mol. The molecule has 0 rings (SSSR count). The average Bonchev–Trinajstić information content (AvgIpc) is 0.722. The molecule has 1 nitrogen and oxygen atoms in total. The summed E-state index contributed by atoms with van der Waals surface area (Å²) in [6, 6.07) is 0. The molecule has 0 aliphatic heterocycles. The Bertz CT molecular complexity index is 27.2. The average molecular weight is 114 g/mol. The molecular weight excluding hydrogens is 103 g/mol. The Morgan fingerprint density at radius 3 is 1.33 bits per heavy atom. The van der Waals surface area contributed by atoms with Crippen LogP contribution in [0.3, 0.4) is 0 Å². The molecule has 1 N–H and O–H groups in total. The fraction of sp³-hybridized carbons (Fsp3) is 1.00. The summed E-state index contributed by atoms with van der Waals surface area (Å²) in [4.78, 5) is 0. The van der Waals surface area contributed by atoms with Gasteiger partial charge in [-0.3, -0.25) is 0 Å². The van der Waals surface area contributed by atoms with Crippen LogP contribution in [0.2, 0.25) is 0 Å². The van der Waals surface area contributed by atoms with Crippen molar-refractivity contribution in [1.29, 1.82) is 0 Å². The fourth-order valence-corrected chi connectivity index (χ4v) is 0. The standard InChI is InChI=1S/C4H10O.K.H/c1-4(2,3)5;;/h5H,1-3H3;;/q;+1;-1. The summed E-state index contributed by atoms with van der Waals surface area (Å²) in [6.07, 6.45) is 0. The van der Waals surface area contributed by atoms with Crippen LogP contribution in [0.25, 0.3) is 0 Å². The fourth-order valence-electron chi connectivity index (χ4n) is 0. The van der Waals surface area contributed by atoms with Crippen LogP contribution in [0.5, 0.6) is 0 Å². The normalized spacial score (nSPS) is 10.0. The van der Waals surface area contributed by atoms with Crippen LogP contribution in [0.15, 0.2) is 0 Å². The van der Waals surface area contributed by atoms with Gasteiger partial charge in [0.15, 0.2) is 0 Å². The minimum atomic E-state index is -0.500. The summed E-state index contributed by atoms with van der Waals surface area (Å²) in [5, 5.41) is 8.52. The van der Waals surface area contributed by atoms with Crippen molar-refractivity contribution in [1.82, 2.24) is 0 Å². The molecule has 34 valence electrons. The third kappa shape index (κ3) is 46.4. The van der Waals surface area contributed by atoms with Crippen LogP contribution in [-0.2, 0) is 0 Å². The van der Waals surface area contributed by atoms with Gasteiger partial charge in [0.2, 0.25) is 0 Å². The van der Waals surface area contributed by atoms with Crippen LogP contribution in [0, 0.1) is 0 Å². The van der Waals surface area contributed by atoms with Crippen molar-refractivity contribution >= 4 is 0 Å². The number of hydrogen-bond acceptors (Lipinski definition) is 1. The van der Waals surface area contributed by atoms with Crippen molar-refractivity contribution in [3.8, 4) is 0 Å². The zero-order valence-electron chi connectivity index (χ0n) is 5.95. The first-order valence-electron chi connectivity index (χ1n) is 1.72. The molecule has 0 atom stereocenters. The Morgan fingerprint density at radius 2 is 1.33 bits per heavy atom. The summed E-state index contributed by atoms with van der Waals surface area (Å²) in [5.74, 6) is 0. The summed E-state index contributed by atoms with van der Waals surface area (Å²) >= 11 is 0. The molecule has 0 aromatic carbocycles. The van der Waals surface area contributed by atoms with Crippen molar-refractivity contribution in [2.45, 2.75) is 26.4 Å². The van der Waals surface area contributed by atoms with Crippen molar-refractivity contribution in [3.05, 3.63) is 0 Å². The molecule has 6 heavy (non-hydrogen) atoms. The summed E-state index contributed by atoms with van der Waals surface area (Å²) < 4.78 is 0. The minimum Gasteiger partial charge on any atom is -1.00 e. The van der Waals surface area contributed by atoms with Gasteiger partial charge in [-0.15, -0.1) is 0 Å². The van der Waals surface area contributed by atoms with Crippen molar-refractivity contribution in [3.63, 3.8) is 0 Å². The van der Waals surface area contributed by atoms with Gasteiger partial charge in [0.25, 0.3) is 0 Å². The molecule has 0 aromatic rings. The molecule has 0 amide bonds. The first kappa shape index (κ1) is 10.6. The second kappa shape index (κ2) is 3.58. The van der Waals surface area contributed by atoms with E-state index in [1.54, 1.807) is 20.8 Å². The second-order valence-corrected chi connectivity index (χ2v) is 2.17. The smallest absolute Gasteiger partial charge is 1.00 e. The molecule has 0 heterocycles. The molecule has 0 saturated carbocycles. The van der Waals surface area contributed by atoms with E-state index in [0.29, 0.717) is 0 Å². The van der Waals surface area contributed by atoms with E-state index in [1.807, 2.05) is 0 Å². The van der Waals surface area contributed by atoms with Gasteiger partial charge in [-0.05, 0) is 20.8 Å². The van der Waals surface area contributed by atoms with Gasteiger partial charge in [0, 0.05) is 0 Å². The number of hydrogen-bond donors (Lipinski definition) is 1. The van der Waals surface area contributed by atoms with Crippen LogP contribution in [0.4, 0.5) is 0 Å². The molecular formula is C4H11KO. The third-order valence-corrected chi connectivity index (χ3v) is 0. The maximum atomic E-state index is 8.52. The van der Waals surface area contributed by atoms with E-state index in [9.17, 15) is 0 Å². The Labute approximate surface area is 83.0 Å². The van der Waals surface area contributed by atoms with E-state index in [1.165, 1.54) is 0 Å². The number of rotatable bonds is 0. The first-order chi connectivity index (χ1) is 2.00. The Morgan fingerprint density at radius 1 is 1.33 bits per heavy atom. The molecule has 0 saturated heterocycles. The van der Waals surface area contributed by atoms with E-state index < -0.39 is 5.60 Å². The minimum absolute atomic E-state index is 0. The van der Waals surface area contributed by atoms with E-state index in [4.69, 9.17) is 5.11 Å². The molecule has 0 aliphatic carbocycles. The summed E-state index contributed by atoms with van der Waals surface area (Å²) in [7, 11) is 0. The van der Waals surface area contributed by atoms with Crippen molar-refractivity contribution in [2.75, 3.05) is 0 Å². The van der Waals surface area contributed by atoms with Gasteiger partial charge < -0.3 is 6.53 Å². The molecule has 0 bridgehead atoms. The van der Waals surface area contributed by atoms with Crippen LogP contribution in [0.1, 0.15) is 22.2 Å². The second-order valence-electron chi connectivity index (χ2n) is 2.17. The SMILES string of the molecule is CC(C)(C)O.[H-].[K+]. The maximum absolute atomic E-state index is 8.52. The van der Waals surface area contributed by atoms with Crippen LogP contribution >= 0.6 is 0 Å². The van der Waals surface area contributed by atoms with E-state index >= 15 is 0 Å². The summed E-state index contributed by atoms with van der Waals surface area (Å²) in [6.45, 7) is 5.23. The van der Waals surface area contributed by atoms with Gasteiger partial charge in [-0.1, -0.05) is 0 Å². The van der Waals surface area contributed by atoms with Crippen molar-refractivity contribution < 1.29 is 57.9 Å². The molecule has 0 radical (unpaired) electrons. The van der Waals surface area contributed by atoms with Gasteiger partial charge in [-0.2, -0.15) is 0 Å². The van der Waals surface area contributed by atoms with Crippen LogP contribution in [-0.4, -0.2) is 10.7 Å². The topological polar surface area (TPSA) is 20.2 Å². The van der Waals surface area contributed by atoms with Gasteiger partial charge in [-0.25, -0.2) is 0 Å². The van der Waals surface area contributed by atoms with E-state index in [-0.39, 0.29) is 52.8 Å². The molecule has 0 aromatic heterocycles. The first-order valence-corrected chi connectivity index (χ1v) is 1.72. The zero-order chi connectivity index (χ0) is 4.50. The maximum Gasteiger partial charge on any atom is 1.00 e. The monoisotopic (exact) mass is 114 g/mol. The zero-order valence-corrected chi connectivity index (χ0v) is 8.07. The van der Waals surface area contributed by atoms with Gasteiger partial charge in [0.1, 0.15) is 0 Å². The Kier molecular flexibility index (Phi) is 6.30. The molecule has 0 aliphatic rings. The van der Waals surface area contributed by atoms with Gasteiger partial charge >= 0.3 is 51.4 Å².